The van der Waals surface area contributed by atoms with E-state index in [2.05, 4.69) is 0 Å². The zero-order chi connectivity index (χ0) is 16.3. The molecule has 0 saturated heterocycles. The summed E-state index contributed by atoms with van der Waals surface area (Å²) in [6, 6.07) is 5.12. The molecular formula is C17H23NO4. The van der Waals surface area contributed by atoms with Gasteiger partial charge in [-0.1, -0.05) is 12.1 Å². The third-order valence-electron chi connectivity index (χ3n) is 4.13. The molecule has 1 aromatic rings. The summed E-state index contributed by atoms with van der Waals surface area (Å²) in [6.45, 7) is 5.81. The molecule has 1 unspecified atom stereocenters. The summed E-state index contributed by atoms with van der Waals surface area (Å²) in [7, 11) is 0. The van der Waals surface area contributed by atoms with Crippen molar-refractivity contribution in [3.05, 3.63) is 29.3 Å². The Morgan fingerprint density at radius 2 is 2.05 bits per heavy atom. The number of carbonyl (C=O) groups excluding carboxylic acids is 1. The highest BCUT2D eigenvalue weighted by Crippen LogP contribution is 2.29. The number of carboxylic acid groups (broad SMARTS) is 1. The van der Waals surface area contributed by atoms with Crippen molar-refractivity contribution in [1.82, 2.24) is 4.90 Å². The largest absolute Gasteiger partial charge is 0.493 e. The van der Waals surface area contributed by atoms with Gasteiger partial charge in [0.2, 0.25) is 5.91 Å². The van der Waals surface area contributed by atoms with Crippen molar-refractivity contribution in [2.75, 3.05) is 6.61 Å². The van der Waals surface area contributed by atoms with E-state index in [1.807, 2.05) is 32.0 Å². The maximum absolute atomic E-state index is 12.3. The van der Waals surface area contributed by atoms with E-state index in [0.29, 0.717) is 0 Å². The second-order valence-corrected chi connectivity index (χ2v) is 5.84. The lowest BCUT2D eigenvalue weighted by atomic mass is 10.1. The number of carbonyl (C=O) groups is 2. The number of carboxylic acids is 1. The van der Waals surface area contributed by atoms with Gasteiger partial charge >= 0.3 is 5.97 Å². The minimum Gasteiger partial charge on any atom is -0.493 e. The first-order valence-electron chi connectivity index (χ1n) is 7.64. The van der Waals surface area contributed by atoms with E-state index in [9.17, 15) is 9.59 Å². The van der Waals surface area contributed by atoms with Crippen molar-refractivity contribution in [2.45, 2.75) is 52.1 Å². The number of nitrogens with zero attached hydrogens (tertiary/aromatic N) is 1. The van der Waals surface area contributed by atoms with Gasteiger partial charge in [-0.15, -0.1) is 0 Å². The Kier molecular flexibility index (Phi) is 5.06. The minimum absolute atomic E-state index is 0.0827. The van der Waals surface area contributed by atoms with Gasteiger partial charge in [-0.2, -0.15) is 0 Å². The van der Waals surface area contributed by atoms with Crippen molar-refractivity contribution in [3.63, 3.8) is 0 Å². The van der Waals surface area contributed by atoms with E-state index in [1.165, 1.54) is 4.90 Å². The number of aliphatic carboxylic acids is 1. The molecule has 0 spiro atoms. The molecule has 2 rings (SSSR count). The van der Waals surface area contributed by atoms with Gasteiger partial charge in [0.05, 0.1) is 13.0 Å². The molecule has 0 aliphatic heterocycles. The van der Waals surface area contributed by atoms with Crippen molar-refractivity contribution < 1.29 is 19.4 Å². The molecule has 0 aromatic heterocycles. The van der Waals surface area contributed by atoms with Crippen molar-refractivity contribution in [2.24, 2.45) is 0 Å². The summed E-state index contributed by atoms with van der Waals surface area (Å²) in [4.78, 5) is 24.9. The van der Waals surface area contributed by atoms with Crippen molar-refractivity contribution >= 4 is 11.9 Å². The third-order valence-corrected chi connectivity index (χ3v) is 4.13. The highest BCUT2D eigenvalue weighted by molar-refractivity contribution is 5.84. The predicted octanol–water partition coefficient (Wildman–Crippen LogP) is 2.54. The first-order valence-corrected chi connectivity index (χ1v) is 7.64. The lowest BCUT2D eigenvalue weighted by molar-refractivity contribution is -0.150. The Balaban J connectivity index is 1.91. The normalized spacial score (nSPS) is 15.2. The highest BCUT2D eigenvalue weighted by Gasteiger charge is 2.38. The number of amides is 1. The van der Waals surface area contributed by atoms with E-state index >= 15 is 0 Å². The van der Waals surface area contributed by atoms with Crippen LogP contribution in [0.3, 0.4) is 0 Å². The van der Waals surface area contributed by atoms with Crippen LogP contribution in [0, 0.1) is 13.8 Å². The van der Waals surface area contributed by atoms with Gasteiger partial charge in [0.1, 0.15) is 11.8 Å². The zero-order valence-electron chi connectivity index (χ0n) is 13.3. The molecule has 5 heteroatoms. The third kappa shape index (κ3) is 3.78. The van der Waals surface area contributed by atoms with Crippen LogP contribution >= 0.6 is 0 Å². The molecule has 0 heterocycles. The van der Waals surface area contributed by atoms with Gasteiger partial charge in [-0.3, -0.25) is 4.79 Å². The lowest BCUT2D eigenvalue weighted by Crippen LogP contribution is -2.45. The zero-order valence-corrected chi connectivity index (χ0v) is 13.3. The van der Waals surface area contributed by atoms with E-state index in [0.717, 1.165) is 29.7 Å². The Labute approximate surface area is 130 Å². The highest BCUT2D eigenvalue weighted by atomic mass is 16.5. The fourth-order valence-electron chi connectivity index (χ4n) is 2.47. The maximum Gasteiger partial charge on any atom is 0.326 e. The Hall–Kier alpha value is -2.04. The number of rotatable bonds is 7. The summed E-state index contributed by atoms with van der Waals surface area (Å²) in [5.41, 5.74) is 2.20. The second-order valence-electron chi connectivity index (χ2n) is 5.84. The number of aryl methyl sites for hydroxylation is 1. The average molecular weight is 305 g/mol. The average Bonchev–Trinajstić information content (AvgIpc) is 3.28. The van der Waals surface area contributed by atoms with E-state index < -0.39 is 12.0 Å². The molecule has 1 fully saturated rings. The van der Waals surface area contributed by atoms with Crippen LogP contribution in [0.1, 0.15) is 37.3 Å². The number of hydrogen-bond donors (Lipinski definition) is 1. The van der Waals surface area contributed by atoms with Crippen LogP contribution in [0.2, 0.25) is 0 Å². The second kappa shape index (κ2) is 6.81. The van der Waals surface area contributed by atoms with Crippen LogP contribution in [0.4, 0.5) is 0 Å². The Bertz CT molecular complexity index is 566. The SMILES string of the molecule is Cc1cccc(OCCC(=O)N(C2CC2)C(C)C(=O)O)c1C. The van der Waals surface area contributed by atoms with Crippen molar-refractivity contribution in [3.8, 4) is 5.75 Å². The van der Waals surface area contributed by atoms with Gasteiger partial charge in [0, 0.05) is 6.04 Å². The molecule has 1 atom stereocenters. The first kappa shape index (κ1) is 16.3. The van der Waals surface area contributed by atoms with Gasteiger partial charge in [-0.05, 0) is 50.8 Å². The molecule has 0 radical (unpaired) electrons. The van der Waals surface area contributed by atoms with E-state index in [-0.39, 0.29) is 25.0 Å². The Morgan fingerprint density at radius 1 is 1.36 bits per heavy atom. The number of ether oxygens (including phenoxy) is 1. The molecule has 1 saturated carbocycles. The molecule has 1 aliphatic rings. The summed E-state index contributed by atoms with van der Waals surface area (Å²) >= 11 is 0. The first-order chi connectivity index (χ1) is 10.4. The Morgan fingerprint density at radius 3 is 2.64 bits per heavy atom. The topological polar surface area (TPSA) is 66.8 Å². The molecule has 1 N–H and O–H groups in total. The van der Waals surface area contributed by atoms with Gasteiger partial charge < -0.3 is 14.7 Å². The summed E-state index contributed by atoms with van der Waals surface area (Å²) in [5.74, 6) is -0.338. The monoisotopic (exact) mass is 305 g/mol. The fraction of sp³-hybridized carbons (Fsp3) is 0.529. The maximum atomic E-state index is 12.3. The van der Waals surface area contributed by atoms with Crippen molar-refractivity contribution in [1.29, 1.82) is 0 Å². The predicted molar refractivity (Wildman–Crippen MR) is 83.0 cm³/mol. The van der Waals surface area contributed by atoms with Crippen LogP contribution in [0.25, 0.3) is 0 Å². The van der Waals surface area contributed by atoms with Crippen LogP contribution in [0.5, 0.6) is 5.75 Å². The van der Waals surface area contributed by atoms with Gasteiger partial charge in [0.25, 0.3) is 0 Å². The molecule has 0 bridgehead atoms. The minimum atomic E-state index is -0.962. The molecular weight excluding hydrogens is 282 g/mol. The van der Waals surface area contributed by atoms with Crippen LogP contribution in [0.15, 0.2) is 18.2 Å². The van der Waals surface area contributed by atoms with Gasteiger partial charge in [0.15, 0.2) is 0 Å². The number of benzene rings is 1. The van der Waals surface area contributed by atoms with E-state index in [1.54, 1.807) is 6.92 Å². The summed E-state index contributed by atoms with van der Waals surface area (Å²) in [6.07, 6.45) is 1.98. The fourth-order valence-corrected chi connectivity index (χ4v) is 2.47. The standard InChI is InChI=1S/C17H23NO4/c1-11-5-4-6-15(12(11)2)22-10-9-16(19)18(14-7-8-14)13(3)17(20)21/h4-6,13-14H,7-10H2,1-3H3,(H,20,21). The molecule has 120 valence electrons. The van der Waals surface area contributed by atoms with Gasteiger partial charge in [-0.25, -0.2) is 4.79 Å². The quantitative estimate of drug-likeness (QED) is 0.840. The molecule has 1 aliphatic carbocycles. The lowest BCUT2D eigenvalue weighted by Gasteiger charge is -2.26. The molecule has 22 heavy (non-hydrogen) atoms. The van der Waals surface area contributed by atoms with E-state index in [4.69, 9.17) is 9.84 Å². The number of hydrogen-bond acceptors (Lipinski definition) is 3. The molecule has 1 aromatic carbocycles. The summed E-state index contributed by atoms with van der Waals surface area (Å²) < 4.78 is 5.68. The van der Waals surface area contributed by atoms with Crippen LogP contribution in [-0.2, 0) is 9.59 Å². The molecule has 5 nitrogen and oxygen atoms in total. The molecule has 1 amide bonds. The van der Waals surface area contributed by atoms with Crippen LogP contribution in [-0.4, -0.2) is 40.6 Å². The van der Waals surface area contributed by atoms with Crippen LogP contribution < -0.4 is 4.74 Å². The smallest absolute Gasteiger partial charge is 0.326 e. The summed E-state index contributed by atoms with van der Waals surface area (Å²) in [5, 5.41) is 9.12.